The van der Waals surface area contributed by atoms with E-state index in [0.717, 1.165) is 36.4 Å². The molecule has 0 fully saturated rings. The van der Waals surface area contributed by atoms with Crippen LogP contribution in [0.1, 0.15) is 58.1 Å². The first kappa shape index (κ1) is 44.9. The molecule has 0 atom stereocenters. The van der Waals surface area contributed by atoms with Crippen molar-refractivity contribution in [3.63, 3.8) is 0 Å². The number of hydrogen-bond donors (Lipinski definition) is 6. The van der Waals surface area contributed by atoms with Crippen LogP contribution in [0.15, 0.2) is 109 Å². The molecule has 0 spiro atoms. The summed E-state index contributed by atoms with van der Waals surface area (Å²) in [6, 6.07) is 20.6. The van der Waals surface area contributed by atoms with Gasteiger partial charge in [-0.15, -0.1) is 0 Å². The fourth-order valence-electron chi connectivity index (χ4n) is 5.98. The number of pyridine rings is 2. The molecule has 2 heterocycles. The average Bonchev–Trinajstić information content (AvgIpc) is 3.25. The molecule has 6 aromatic rings. The average molecular weight is 896 g/mol. The SMILES string of the molecule is CN(C)C(=N)c1ccc(C(=O)Nc2cc(CN(C)C(=N)c3ccc(C(=O)Nc4ccc(F)cc4C(=O)Nc4ccc(Cl)cn4)c(F)c3)ccc2C(=O)Nc2ccc(Cl)cn2)c(F)c1. The predicted molar refractivity (Wildman–Crippen MR) is 235 cm³/mol. The number of nitrogens with one attached hydrogen (secondary N) is 6. The Balaban J connectivity index is 1.19. The zero-order chi connectivity index (χ0) is 45.5. The maximum absolute atomic E-state index is 15.6. The number of anilines is 4. The lowest BCUT2D eigenvalue weighted by Gasteiger charge is -2.22. The molecule has 0 saturated carbocycles. The van der Waals surface area contributed by atoms with Crippen molar-refractivity contribution in [3.8, 4) is 0 Å². The van der Waals surface area contributed by atoms with Gasteiger partial charge >= 0.3 is 0 Å². The number of aromatic nitrogens is 2. The Labute approximate surface area is 368 Å². The molecule has 63 heavy (non-hydrogen) atoms. The molecule has 6 N–H and O–H groups in total. The third kappa shape index (κ3) is 11.0. The highest BCUT2D eigenvalue weighted by molar-refractivity contribution is 6.30. The Bertz CT molecular complexity index is 2790. The van der Waals surface area contributed by atoms with Gasteiger partial charge in [-0.1, -0.05) is 41.4 Å². The first-order valence-corrected chi connectivity index (χ1v) is 19.3. The van der Waals surface area contributed by atoms with Gasteiger partial charge in [-0.3, -0.25) is 30.0 Å². The number of benzene rings is 4. The molecule has 4 amide bonds. The number of halogens is 5. The summed E-state index contributed by atoms with van der Waals surface area (Å²) >= 11 is 11.8. The standard InChI is InChI=1S/C44H35Cl2F3N10O4/c1-58(2)39(50)24-5-11-30(33(48)17-24)42(61)55-36-16-23(4-10-31(36)43(62)56-37-14-7-26(45)20-52-37)22-59(3)40(51)25-6-12-29(34(49)18-25)41(60)54-35-13-9-28(47)19-32(35)44(63)57-38-15-8-27(46)21-53-38/h4-21,50-51H,22H2,1-3H3,(H,54,60)(H,55,61)(H,52,56,62)(H,53,57,63). The molecule has 0 aliphatic rings. The maximum Gasteiger partial charge on any atom is 0.259 e. The van der Waals surface area contributed by atoms with Crippen LogP contribution in [-0.2, 0) is 6.54 Å². The van der Waals surface area contributed by atoms with E-state index in [0.29, 0.717) is 15.6 Å². The Kier molecular flexibility index (Phi) is 13.8. The van der Waals surface area contributed by atoms with Crippen LogP contribution in [0.5, 0.6) is 0 Å². The fraction of sp³-hybridized carbons (Fsp3) is 0.0909. The molecule has 6 rings (SSSR count). The van der Waals surface area contributed by atoms with E-state index in [4.69, 9.17) is 34.0 Å². The molecule has 0 bridgehead atoms. The molecule has 0 saturated heterocycles. The summed E-state index contributed by atoms with van der Waals surface area (Å²) < 4.78 is 45.0. The third-order valence-corrected chi connectivity index (χ3v) is 9.66. The molecule has 2 aromatic heterocycles. The topological polar surface area (TPSA) is 196 Å². The Morgan fingerprint density at radius 1 is 0.556 bits per heavy atom. The van der Waals surface area contributed by atoms with Gasteiger partial charge in [0, 0.05) is 51.2 Å². The number of rotatable bonds is 12. The third-order valence-electron chi connectivity index (χ3n) is 9.21. The zero-order valence-electron chi connectivity index (χ0n) is 33.4. The summed E-state index contributed by atoms with van der Waals surface area (Å²) in [6.45, 7) is -0.0111. The van der Waals surface area contributed by atoms with Crippen molar-refractivity contribution in [1.82, 2.24) is 19.8 Å². The predicted octanol–water partition coefficient (Wildman–Crippen LogP) is 8.55. The van der Waals surface area contributed by atoms with E-state index in [2.05, 4.69) is 31.2 Å². The maximum atomic E-state index is 15.6. The summed E-state index contributed by atoms with van der Waals surface area (Å²) in [6.07, 6.45) is 2.63. The quantitative estimate of drug-likeness (QED) is 0.0519. The second-order valence-corrected chi connectivity index (χ2v) is 14.8. The monoisotopic (exact) mass is 894 g/mol. The van der Waals surface area contributed by atoms with Gasteiger partial charge < -0.3 is 31.1 Å². The summed E-state index contributed by atoms with van der Waals surface area (Å²) in [5.74, 6) is -5.88. The van der Waals surface area contributed by atoms with Crippen LogP contribution in [0, 0.1) is 28.3 Å². The van der Waals surface area contributed by atoms with Gasteiger partial charge in [-0.05, 0) is 84.4 Å². The van der Waals surface area contributed by atoms with Crippen LogP contribution in [0.2, 0.25) is 10.0 Å². The van der Waals surface area contributed by atoms with Crippen LogP contribution in [0.4, 0.5) is 36.2 Å². The zero-order valence-corrected chi connectivity index (χ0v) is 34.9. The Morgan fingerprint density at radius 3 is 1.56 bits per heavy atom. The van der Waals surface area contributed by atoms with Crippen LogP contribution < -0.4 is 21.3 Å². The molecule has 0 aliphatic heterocycles. The molecule has 0 aliphatic carbocycles. The number of amidine groups is 2. The summed E-state index contributed by atoms with van der Waals surface area (Å²) in [4.78, 5) is 64.2. The van der Waals surface area contributed by atoms with Crippen molar-refractivity contribution in [1.29, 1.82) is 10.8 Å². The fourth-order valence-corrected chi connectivity index (χ4v) is 6.20. The van der Waals surface area contributed by atoms with Crippen LogP contribution in [0.3, 0.4) is 0 Å². The van der Waals surface area contributed by atoms with E-state index in [1.807, 2.05) is 0 Å². The number of carbonyl (C=O) groups excluding carboxylic acids is 4. The van der Waals surface area contributed by atoms with Gasteiger partial charge in [0.1, 0.15) is 40.8 Å². The van der Waals surface area contributed by atoms with Gasteiger partial charge in [0.15, 0.2) is 0 Å². The van der Waals surface area contributed by atoms with Gasteiger partial charge in [0.05, 0.1) is 43.7 Å². The molecule has 0 unspecified atom stereocenters. The van der Waals surface area contributed by atoms with Crippen molar-refractivity contribution < 1.29 is 32.3 Å². The first-order valence-electron chi connectivity index (χ1n) is 18.5. The van der Waals surface area contributed by atoms with Crippen molar-refractivity contribution in [2.24, 2.45) is 0 Å². The minimum atomic E-state index is -1.00. The highest BCUT2D eigenvalue weighted by Gasteiger charge is 2.22. The lowest BCUT2D eigenvalue weighted by Crippen LogP contribution is -2.27. The molecule has 14 nitrogen and oxygen atoms in total. The number of hydrogen-bond acceptors (Lipinski definition) is 8. The lowest BCUT2D eigenvalue weighted by atomic mass is 10.0. The normalized spacial score (nSPS) is 10.7. The number of nitrogens with zero attached hydrogens (tertiary/aromatic N) is 4. The highest BCUT2D eigenvalue weighted by atomic mass is 35.5. The van der Waals surface area contributed by atoms with E-state index >= 15 is 8.78 Å². The van der Waals surface area contributed by atoms with Crippen molar-refractivity contribution in [2.75, 3.05) is 42.4 Å². The minimum absolute atomic E-state index is 0.0111. The minimum Gasteiger partial charge on any atom is -0.363 e. The lowest BCUT2D eigenvalue weighted by molar-refractivity contribution is 0.100. The second kappa shape index (κ2) is 19.4. The van der Waals surface area contributed by atoms with Crippen LogP contribution in [0.25, 0.3) is 0 Å². The largest absolute Gasteiger partial charge is 0.363 e. The van der Waals surface area contributed by atoms with Crippen molar-refractivity contribution in [3.05, 3.63) is 176 Å². The number of amides is 4. The van der Waals surface area contributed by atoms with E-state index in [9.17, 15) is 23.6 Å². The molecule has 19 heteroatoms. The van der Waals surface area contributed by atoms with Gasteiger partial charge in [-0.2, -0.15) is 0 Å². The van der Waals surface area contributed by atoms with Crippen LogP contribution >= 0.6 is 23.2 Å². The smallest absolute Gasteiger partial charge is 0.259 e. The van der Waals surface area contributed by atoms with E-state index in [-0.39, 0.29) is 69.0 Å². The summed E-state index contributed by atoms with van der Waals surface area (Å²) in [5.41, 5.74) is -0.420. The van der Waals surface area contributed by atoms with Crippen LogP contribution in [-0.4, -0.2) is 76.2 Å². The Morgan fingerprint density at radius 2 is 1.05 bits per heavy atom. The molecule has 0 radical (unpaired) electrons. The molecule has 4 aromatic carbocycles. The van der Waals surface area contributed by atoms with Gasteiger partial charge in [0.25, 0.3) is 23.6 Å². The number of carbonyl (C=O) groups is 4. The van der Waals surface area contributed by atoms with E-state index < -0.39 is 46.6 Å². The first-order chi connectivity index (χ1) is 30.0. The molecular weight excluding hydrogens is 860 g/mol. The molecular formula is C44H35Cl2F3N10O4. The van der Waals surface area contributed by atoms with Gasteiger partial charge in [0.2, 0.25) is 0 Å². The van der Waals surface area contributed by atoms with Crippen molar-refractivity contribution >= 4 is 81.5 Å². The Hall–Kier alpha value is -7.63. The summed E-state index contributed by atoms with van der Waals surface area (Å²) in [5, 5.41) is 27.8. The summed E-state index contributed by atoms with van der Waals surface area (Å²) in [7, 11) is 4.78. The van der Waals surface area contributed by atoms with Crippen molar-refractivity contribution in [2.45, 2.75) is 6.54 Å². The second-order valence-electron chi connectivity index (χ2n) is 13.9. The van der Waals surface area contributed by atoms with E-state index in [1.54, 1.807) is 20.2 Å². The highest BCUT2D eigenvalue weighted by Crippen LogP contribution is 2.25. The van der Waals surface area contributed by atoms with E-state index in [1.165, 1.54) is 83.8 Å². The molecule has 320 valence electrons. The van der Waals surface area contributed by atoms with Gasteiger partial charge in [-0.25, -0.2) is 23.1 Å².